The summed E-state index contributed by atoms with van der Waals surface area (Å²) >= 11 is 5.82. The van der Waals surface area contributed by atoms with E-state index in [2.05, 4.69) is 11.9 Å². The van der Waals surface area contributed by atoms with Crippen LogP contribution in [0.25, 0.3) is 0 Å². The number of halogens is 1. The zero-order chi connectivity index (χ0) is 14.4. The molecule has 2 aromatic rings. The Morgan fingerprint density at radius 1 is 1.15 bits per heavy atom. The highest BCUT2D eigenvalue weighted by atomic mass is 35.5. The topological polar surface area (TPSA) is 25.6 Å². The van der Waals surface area contributed by atoms with Crippen molar-refractivity contribution in [3.63, 3.8) is 0 Å². The van der Waals surface area contributed by atoms with Crippen LogP contribution in [-0.4, -0.2) is 25.1 Å². The molecule has 0 N–H and O–H groups in total. The molecule has 0 amide bonds. The molecule has 20 heavy (non-hydrogen) atoms. The molecule has 0 unspecified atom stereocenters. The van der Waals surface area contributed by atoms with Gasteiger partial charge in [-0.2, -0.15) is 0 Å². The molecule has 0 aliphatic carbocycles. The van der Waals surface area contributed by atoms with Gasteiger partial charge in [-0.3, -0.25) is 4.90 Å². The van der Waals surface area contributed by atoms with Crippen LogP contribution in [-0.2, 0) is 6.54 Å². The standard InChI is InChI=1S/C16H20ClNO2/c1-13-4-7-16(20-13)12-18(2)10-3-11-19-15-8-5-14(17)6-9-15/h4-9H,3,10-12H2,1-2H3. The van der Waals surface area contributed by atoms with Crippen LogP contribution in [0.3, 0.4) is 0 Å². The van der Waals surface area contributed by atoms with Gasteiger partial charge in [0.1, 0.15) is 17.3 Å². The summed E-state index contributed by atoms with van der Waals surface area (Å²) in [5, 5.41) is 0.728. The summed E-state index contributed by atoms with van der Waals surface area (Å²) in [6.45, 7) is 4.45. The molecule has 0 aliphatic rings. The third-order valence-electron chi connectivity index (χ3n) is 2.99. The number of rotatable bonds is 7. The first-order chi connectivity index (χ1) is 9.63. The number of hydrogen-bond acceptors (Lipinski definition) is 3. The molecule has 0 fully saturated rings. The van der Waals surface area contributed by atoms with Crippen LogP contribution < -0.4 is 4.74 Å². The molecule has 1 aromatic heterocycles. The van der Waals surface area contributed by atoms with Gasteiger partial charge in [-0.25, -0.2) is 0 Å². The van der Waals surface area contributed by atoms with Crippen LogP contribution in [0.15, 0.2) is 40.8 Å². The first-order valence-corrected chi connectivity index (χ1v) is 7.13. The summed E-state index contributed by atoms with van der Waals surface area (Å²) in [5.41, 5.74) is 0. The monoisotopic (exact) mass is 293 g/mol. The minimum Gasteiger partial charge on any atom is -0.494 e. The highest BCUT2D eigenvalue weighted by Gasteiger charge is 2.04. The Balaban J connectivity index is 1.64. The summed E-state index contributed by atoms with van der Waals surface area (Å²) in [5.74, 6) is 2.82. The van der Waals surface area contributed by atoms with E-state index in [1.54, 1.807) is 0 Å². The first-order valence-electron chi connectivity index (χ1n) is 6.76. The summed E-state index contributed by atoms with van der Waals surface area (Å²) in [7, 11) is 2.08. The van der Waals surface area contributed by atoms with Crippen molar-refractivity contribution >= 4 is 11.6 Å². The van der Waals surface area contributed by atoms with Crippen molar-refractivity contribution in [2.75, 3.05) is 20.2 Å². The van der Waals surface area contributed by atoms with Gasteiger partial charge in [0.2, 0.25) is 0 Å². The zero-order valence-electron chi connectivity index (χ0n) is 11.9. The van der Waals surface area contributed by atoms with Gasteiger partial charge in [0.05, 0.1) is 13.2 Å². The minimum atomic E-state index is 0.698. The lowest BCUT2D eigenvalue weighted by Crippen LogP contribution is -2.20. The molecule has 0 aliphatic heterocycles. The van der Waals surface area contributed by atoms with Gasteiger partial charge in [-0.15, -0.1) is 0 Å². The van der Waals surface area contributed by atoms with Crippen LogP contribution in [0.2, 0.25) is 5.02 Å². The lowest BCUT2D eigenvalue weighted by atomic mass is 10.3. The predicted molar refractivity (Wildman–Crippen MR) is 81.3 cm³/mol. The third-order valence-corrected chi connectivity index (χ3v) is 3.24. The lowest BCUT2D eigenvalue weighted by Gasteiger charge is -2.15. The van der Waals surface area contributed by atoms with Gasteiger partial charge in [-0.1, -0.05) is 11.6 Å². The van der Waals surface area contributed by atoms with Gasteiger partial charge in [0, 0.05) is 11.6 Å². The van der Waals surface area contributed by atoms with E-state index in [9.17, 15) is 0 Å². The Kier molecular flexibility index (Phi) is 5.50. The summed E-state index contributed by atoms with van der Waals surface area (Å²) < 4.78 is 11.2. The second-order valence-corrected chi connectivity index (χ2v) is 5.34. The van der Waals surface area contributed by atoms with Crippen LogP contribution in [0.1, 0.15) is 17.9 Å². The molecular formula is C16H20ClNO2. The van der Waals surface area contributed by atoms with Gasteiger partial charge >= 0.3 is 0 Å². The number of nitrogens with zero attached hydrogens (tertiary/aromatic N) is 1. The van der Waals surface area contributed by atoms with E-state index in [-0.39, 0.29) is 0 Å². The maximum absolute atomic E-state index is 5.82. The van der Waals surface area contributed by atoms with E-state index < -0.39 is 0 Å². The second-order valence-electron chi connectivity index (χ2n) is 4.91. The highest BCUT2D eigenvalue weighted by molar-refractivity contribution is 6.30. The van der Waals surface area contributed by atoms with Crippen molar-refractivity contribution < 1.29 is 9.15 Å². The molecule has 0 saturated carbocycles. The molecular weight excluding hydrogens is 274 g/mol. The molecule has 0 spiro atoms. The smallest absolute Gasteiger partial charge is 0.119 e. The van der Waals surface area contributed by atoms with Crippen molar-refractivity contribution in [2.24, 2.45) is 0 Å². The number of aryl methyl sites for hydroxylation is 1. The lowest BCUT2D eigenvalue weighted by molar-refractivity contribution is 0.246. The Morgan fingerprint density at radius 2 is 1.90 bits per heavy atom. The van der Waals surface area contributed by atoms with E-state index in [0.717, 1.165) is 41.8 Å². The maximum atomic E-state index is 5.82. The number of hydrogen-bond donors (Lipinski definition) is 0. The van der Waals surface area contributed by atoms with Crippen molar-refractivity contribution in [1.82, 2.24) is 4.90 Å². The normalized spacial score (nSPS) is 11.0. The molecule has 0 atom stereocenters. The number of furan rings is 1. The van der Waals surface area contributed by atoms with Crippen molar-refractivity contribution in [1.29, 1.82) is 0 Å². The Labute approximate surface area is 125 Å². The first kappa shape index (κ1) is 14.9. The zero-order valence-corrected chi connectivity index (χ0v) is 12.7. The van der Waals surface area contributed by atoms with Crippen LogP contribution in [0, 0.1) is 6.92 Å². The van der Waals surface area contributed by atoms with Crippen LogP contribution >= 0.6 is 11.6 Å². The van der Waals surface area contributed by atoms with Gasteiger partial charge < -0.3 is 9.15 Å². The molecule has 0 saturated heterocycles. The van der Waals surface area contributed by atoms with E-state index >= 15 is 0 Å². The fourth-order valence-corrected chi connectivity index (χ4v) is 2.10. The Hall–Kier alpha value is -1.45. The maximum Gasteiger partial charge on any atom is 0.119 e. The van der Waals surface area contributed by atoms with Crippen molar-refractivity contribution in [3.05, 3.63) is 52.9 Å². The fraction of sp³-hybridized carbons (Fsp3) is 0.375. The summed E-state index contributed by atoms with van der Waals surface area (Å²) in [4.78, 5) is 2.23. The van der Waals surface area contributed by atoms with Gasteiger partial charge in [0.15, 0.2) is 0 Å². The molecule has 1 aromatic carbocycles. The quantitative estimate of drug-likeness (QED) is 0.717. The molecule has 0 radical (unpaired) electrons. The van der Waals surface area contributed by atoms with Crippen LogP contribution in [0.4, 0.5) is 0 Å². The van der Waals surface area contributed by atoms with Crippen LogP contribution in [0.5, 0.6) is 5.75 Å². The Bertz CT molecular complexity index is 522. The average Bonchev–Trinajstić information content (AvgIpc) is 2.82. The third kappa shape index (κ3) is 4.91. The second kappa shape index (κ2) is 7.36. The number of ether oxygens (including phenoxy) is 1. The fourth-order valence-electron chi connectivity index (χ4n) is 1.97. The number of benzene rings is 1. The largest absolute Gasteiger partial charge is 0.494 e. The summed E-state index contributed by atoms with van der Waals surface area (Å²) in [6, 6.07) is 11.5. The predicted octanol–water partition coefficient (Wildman–Crippen LogP) is 4.14. The van der Waals surface area contributed by atoms with E-state index in [1.165, 1.54) is 0 Å². The molecule has 108 valence electrons. The molecule has 0 bridgehead atoms. The van der Waals surface area contributed by atoms with Gasteiger partial charge in [0.25, 0.3) is 0 Å². The van der Waals surface area contributed by atoms with E-state index in [1.807, 2.05) is 43.3 Å². The summed E-state index contributed by atoms with van der Waals surface area (Å²) in [6.07, 6.45) is 0.971. The average molecular weight is 294 g/mol. The molecule has 2 rings (SSSR count). The molecule has 1 heterocycles. The van der Waals surface area contributed by atoms with Crippen molar-refractivity contribution in [3.8, 4) is 5.75 Å². The minimum absolute atomic E-state index is 0.698. The molecule has 4 heteroatoms. The van der Waals surface area contributed by atoms with E-state index in [0.29, 0.717) is 6.61 Å². The van der Waals surface area contributed by atoms with E-state index in [4.69, 9.17) is 20.8 Å². The molecule has 3 nitrogen and oxygen atoms in total. The highest BCUT2D eigenvalue weighted by Crippen LogP contribution is 2.15. The van der Waals surface area contributed by atoms with Crippen molar-refractivity contribution in [2.45, 2.75) is 19.9 Å². The SMILES string of the molecule is Cc1ccc(CN(C)CCCOc2ccc(Cl)cc2)o1. The van der Waals surface area contributed by atoms with Gasteiger partial charge in [-0.05, 0) is 56.8 Å². The Morgan fingerprint density at radius 3 is 2.55 bits per heavy atom.